The molecule has 4 rings (SSSR count). The molecule has 0 radical (unpaired) electrons. The van der Waals surface area contributed by atoms with Crippen molar-refractivity contribution in [2.45, 2.75) is 37.6 Å². The molecule has 2 aliphatic heterocycles. The lowest BCUT2D eigenvalue weighted by Crippen LogP contribution is -2.39. The third-order valence-corrected chi connectivity index (χ3v) is 7.70. The predicted octanol–water partition coefficient (Wildman–Crippen LogP) is 2.48. The first kappa shape index (κ1) is 23.1. The van der Waals surface area contributed by atoms with Crippen LogP contribution in [0.15, 0.2) is 47.4 Å². The maximum atomic E-state index is 12.9. The number of hydrogen-bond donors (Lipinski definition) is 2. The normalized spacial score (nSPS) is 16.4. The number of carbonyl (C=O) groups is 2. The lowest BCUT2D eigenvalue weighted by molar-refractivity contribution is -0.122. The number of carbonyl (C=O) groups excluding carboxylic acids is 2. The van der Waals surface area contributed by atoms with Crippen molar-refractivity contribution >= 4 is 27.5 Å². The van der Waals surface area contributed by atoms with Gasteiger partial charge in [-0.05, 0) is 60.7 Å². The van der Waals surface area contributed by atoms with E-state index in [4.69, 9.17) is 9.47 Å². The molecule has 9 nitrogen and oxygen atoms in total. The zero-order chi connectivity index (χ0) is 23.4. The van der Waals surface area contributed by atoms with Gasteiger partial charge in [0.05, 0.1) is 4.90 Å². The fourth-order valence-corrected chi connectivity index (χ4v) is 5.47. The van der Waals surface area contributed by atoms with E-state index in [1.165, 1.54) is 23.4 Å². The smallest absolute Gasteiger partial charge is 0.243 e. The molecule has 1 saturated heterocycles. The third kappa shape index (κ3) is 5.63. The van der Waals surface area contributed by atoms with Crippen LogP contribution < -0.4 is 20.1 Å². The van der Waals surface area contributed by atoms with E-state index in [1.807, 2.05) is 18.2 Å². The van der Waals surface area contributed by atoms with Gasteiger partial charge in [-0.1, -0.05) is 6.07 Å². The van der Waals surface area contributed by atoms with Gasteiger partial charge in [0.15, 0.2) is 11.5 Å². The van der Waals surface area contributed by atoms with Crippen LogP contribution >= 0.6 is 0 Å². The highest BCUT2D eigenvalue weighted by atomic mass is 32.2. The minimum absolute atomic E-state index is 0.0532. The van der Waals surface area contributed by atoms with Gasteiger partial charge in [0, 0.05) is 38.7 Å². The van der Waals surface area contributed by atoms with Gasteiger partial charge in [0.1, 0.15) is 0 Å². The molecule has 0 unspecified atom stereocenters. The Morgan fingerprint density at radius 1 is 1.03 bits per heavy atom. The van der Waals surface area contributed by atoms with E-state index in [2.05, 4.69) is 10.6 Å². The summed E-state index contributed by atoms with van der Waals surface area (Å²) in [5.74, 6) is 1.25. The molecular weight excluding hydrogens is 446 g/mol. The van der Waals surface area contributed by atoms with Crippen LogP contribution in [0.3, 0.4) is 0 Å². The van der Waals surface area contributed by atoms with Crippen molar-refractivity contribution in [3.63, 3.8) is 0 Å². The van der Waals surface area contributed by atoms with Crippen LogP contribution in [0.4, 0.5) is 5.69 Å². The first-order valence-corrected chi connectivity index (χ1v) is 12.3. The molecule has 0 atom stereocenters. The molecule has 0 aliphatic carbocycles. The number of hydrogen-bond acceptors (Lipinski definition) is 6. The molecule has 33 heavy (non-hydrogen) atoms. The summed E-state index contributed by atoms with van der Waals surface area (Å²) in [5.41, 5.74) is 1.48. The van der Waals surface area contributed by atoms with Crippen LogP contribution in [0.5, 0.6) is 11.5 Å². The van der Waals surface area contributed by atoms with E-state index in [1.54, 1.807) is 12.1 Å². The van der Waals surface area contributed by atoms with Crippen LogP contribution in [-0.4, -0.2) is 44.4 Å². The van der Waals surface area contributed by atoms with Crippen molar-refractivity contribution in [1.29, 1.82) is 0 Å². The van der Waals surface area contributed by atoms with Gasteiger partial charge in [-0.15, -0.1) is 0 Å². The van der Waals surface area contributed by atoms with Gasteiger partial charge in [-0.2, -0.15) is 4.31 Å². The standard InChI is InChI=1S/C23H27N3O6S/c1-16(27)25-19-3-5-20(6-4-19)33(29,30)26-10-8-17(9-11-26)13-23(28)24-14-18-2-7-21-22(12-18)32-15-31-21/h2-7,12,17H,8-11,13-15H2,1H3,(H,24,28)(H,25,27). The summed E-state index contributed by atoms with van der Waals surface area (Å²) in [6, 6.07) is 11.7. The van der Waals surface area contributed by atoms with E-state index >= 15 is 0 Å². The highest BCUT2D eigenvalue weighted by Gasteiger charge is 2.30. The molecule has 10 heteroatoms. The SMILES string of the molecule is CC(=O)Nc1ccc(S(=O)(=O)N2CCC(CC(=O)NCc3ccc4c(c3)OCO4)CC2)cc1. The zero-order valence-corrected chi connectivity index (χ0v) is 19.2. The Kier molecular flexibility index (Phi) is 6.85. The second-order valence-corrected chi connectivity index (χ2v) is 10.2. The summed E-state index contributed by atoms with van der Waals surface area (Å²) in [6.45, 7) is 2.75. The summed E-state index contributed by atoms with van der Waals surface area (Å²) in [7, 11) is -3.61. The third-order valence-electron chi connectivity index (χ3n) is 5.79. The summed E-state index contributed by atoms with van der Waals surface area (Å²) >= 11 is 0. The monoisotopic (exact) mass is 473 g/mol. The van der Waals surface area contributed by atoms with Crippen molar-refractivity contribution < 1.29 is 27.5 Å². The highest BCUT2D eigenvalue weighted by molar-refractivity contribution is 7.89. The molecule has 0 bridgehead atoms. The number of ether oxygens (including phenoxy) is 2. The second-order valence-electron chi connectivity index (χ2n) is 8.22. The van der Waals surface area contributed by atoms with Gasteiger partial charge >= 0.3 is 0 Å². The fourth-order valence-electron chi connectivity index (χ4n) is 4.00. The van der Waals surface area contributed by atoms with Crippen molar-refractivity contribution in [3.8, 4) is 11.5 Å². The predicted molar refractivity (Wildman–Crippen MR) is 121 cm³/mol. The van der Waals surface area contributed by atoms with Crippen LogP contribution in [0.2, 0.25) is 0 Å². The summed E-state index contributed by atoms with van der Waals surface area (Å²) in [6.07, 6.45) is 1.62. The molecule has 2 N–H and O–H groups in total. The Labute approximate surface area is 193 Å². The first-order valence-electron chi connectivity index (χ1n) is 10.8. The topological polar surface area (TPSA) is 114 Å². The molecule has 2 aliphatic rings. The average Bonchev–Trinajstić information content (AvgIpc) is 3.26. The number of sulfonamides is 1. The minimum atomic E-state index is -3.61. The van der Waals surface area contributed by atoms with Gasteiger partial charge in [-0.3, -0.25) is 9.59 Å². The fraction of sp³-hybridized carbons (Fsp3) is 0.391. The van der Waals surface area contributed by atoms with Crippen LogP contribution in [0, 0.1) is 5.92 Å². The lowest BCUT2D eigenvalue weighted by atomic mass is 9.94. The number of fused-ring (bicyclic) bond motifs is 1. The quantitative estimate of drug-likeness (QED) is 0.639. The Hall–Kier alpha value is -3.11. The van der Waals surface area contributed by atoms with Gasteiger partial charge in [0.25, 0.3) is 0 Å². The largest absolute Gasteiger partial charge is 0.454 e. The average molecular weight is 474 g/mol. The van der Waals surface area contributed by atoms with Crippen molar-refractivity contribution in [2.24, 2.45) is 5.92 Å². The number of nitrogens with zero attached hydrogens (tertiary/aromatic N) is 1. The number of nitrogens with one attached hydrogen (secondary N) is 2. The highest BCUT2D eigenvalue weighted by Crippen LogP contribution is 2.32. The maximum absolute atomic E-state index is 12.9. The second kappa shape index (κ2) is 9.80. The van der Waals surface area contributed by atoms with E-state index in [0.717, 1.165) is 5.56 Å². The molecule has 0 spiro atoms. The van der Waals surface area contributed by atoms with E-state index < -0.39 is 10.0 Å². The molecule has 2 aromatic rings. The number of amides is 2. The summed E-state index contributed by atoms with van der Waals surface area (Å²) in [5, 5.41) is 5.55. The maximum Gasteiger partial charge on any atom is 0.243 e. The zero-order valence-electron chi connectivity index (χ0n) is 18.4. The molecule has 0 aromatic heterocycles. The minimum Gasteiger partial charge on any atom is -0.454 e. The first-order chi connectivity index (χ1) is 15.8. The molecule has 2 amide bonds. The summed E-state index contributed by atoms with van der Waals surface area (Å²) in [4.78, 5) is 23.7. The van der Waals surface area contributed by atoms with Crippen molar-refractivity contribution in [2.75, 3.05) is 25.2 Å². The molecule has 176 valence electrons. The number of piperidine rings is 1. The Morgan fingerprint density at radius 2 is 1.73 bits per heavy atom. The lowest BCUT2D eigenvalue weighted by Gasteiger charge is -2.31. The Morgan fingerprint density at radius 3 is 2.42 bits per heavy atom. The summed E-state index contributed by atoms with van der Waals surface area (Å²) < 4.78 is 38.0. The number of anilines is 1. The molecule has 0 saturated carbocycles. The molecular formula is C23H27N3O6S. The molecule has 1 fully saturated rings. The Bertz CT molecular complexity index is 1130. The van der Waals surface area contributed by atoms with E-state index in [0.29, 0.717) is 56.1 Å². The van der Waals surface area contributed by atoms with Crippen molar-refractivity contribution in [3.05, 3.63) is 48.0 Å². The van der Waals surface area contributed by atoms with Crippen molar-refractivity contribution in [1.82, 2.24) is 9.62 Å². The van der Waals surface area contributed by atoms with Crippen LogP contribution in [0.25, 0.3) is 0 Å². The van der Waals surface area contributed by atoms with Gasteiger partial charge in [-0.25, -0.2) is 8.42 Å². The number of benzene rings is 2. The van der Waals surface area contributed by atoms with Crippen LogP contribution in [-0.2, 0) is 26.2 Å². The molecule has 2 heterocycles. The van der Waals surface area contributed by atoms with E-state index in [-0.39, 0.29) is 29.4 Å². The Balaban J connectivity index is 1.25. The molecule has 2 aromatic carbocycles. The van der Waals surface area contributed by atoms with Crippen LogP contribution in [0.1, 0.15) is 31.7 Å². The number of rotatable bonds is 7. The van der Waals surface area contributed by atoms with E-state index in [9.17, 15) is 18.0 Å². The van der Waals surface area contributed by atoms with Gasteiger partial charge in [0.2, 0.25) is 28.6 Å². The van der Waals surface area contributed by atoms with Gasteiger partial charge < -0.3 is 20.1 Å².